The quantitative estimate of drug-likeness (QED) is 0.437. The van der Waals surface area contributed by atoms with Crippen molar-refractivity contribution in [1.29, 1.82) is 0 Å². The first-order valence-electron chi connectivity index (χ1n) is 13.2. The van der Waals surface area contributed by atoms with Crippen LogP contribution in [0.2, 0.25) is 0 Å². The highest BCUT2D eigenvalue weighted by Crippen LogP contribution is 2.35. The Kier molecular flexibility index (Phi) is 7.24. The van der Waals surface area contributed by atoms with Gasteiger partial charge in [-0.25, -0.2) is 0 Å². The third kappa shape index (κ3) is 5.18. The summed E-state index contributed by atoms with van der Waals surface area (Å²) >= 11 is 1.45. The Morgan fingerprint density at radius 1 is 1.23 bits per heavy atom. The van der Waals surface area contributed by atoms with Crippen LogP contribution in [0.25, 0.3) is 10.9 Å². The molecule has 1 saturated heterocycles. The first-order chi connectivity index (χ1) is 19.4. The normalized spacial score (nSPS) is 22.1. The standard InChI is InChI=1S/C29H30N4O6S/c1-37-19-4-5-22-20(10-19)21-7-16(14-39-25(21)11-30-22)12-33-13-18(9-24(33)29(36)38-2)31-28(35)17-3-6-26-23(8-17)32-27(34)15-40-26/h3-6,8,10-11,16,18,24H,7,9,12-15H2,1-2H3,(H,31,35)(H,32,34). The number of hydrogen-bond donors (Lipinski definition) is 2. The second-order valence-electron chi connectivity index (χ2n) is 10.3. The molecule has 3 unspecified atom stereocenters. The SMILES string of the molecule is COC(=O)C1CC(NC(=O)c2ccc3c(c2)NC(=O)CS3)CN1CC1COc2cnc3ccc(OC)cc3c2C1. The fourth-order valence-corrected chi connectivity index (χ4v) is 6.55. The molecule has 6 rings (SSSR count). The molecule has 208 valence electrons. The molecule has 0 bridgehead atoms. The number of hydrogen-bond acceptors (Lipinski definition) is 9. The molecular formula is C29H30N4O6S. The van der Waals surface area contributed by atoms with E-state index in [0.717, 1.165) is 39.3 Å². The molecule has 3 aromatic rings. The Labute approximate surface area is 235 Å². The molecule has 3 atom stereocenters. The van der Waals surface area contributed by atoms with Gasteiger partial charge in [0.2, 0.25) is 5.91 Å². The molecule has 10 nitrogen and oxygen atoms in total. The van der Waals surface area contributed by atoms with Gasteiger partial charge >= 0.3 is 5.97 Å². The predicted octanol–water partition coefficient (Wildman–Crippen LogP) is 2.88. The minimum atomic E-state index is -0.467. The summed E-state index contributed by atoms with van der Waals surface area (Å²) < 4.78 is 16.6. The highest BCUT2D eigenvalue weighted by atomic mass is 32.2. The molecule has 1 aromatic heterocycles. The van der Waals surface area contributed by atoms with Crippen molar-refractivity contribution in [2.45, 2.75) is 29.8 Å². The van der Waals surface area contributed by atoms with Crippen LogP contribution in [-0.4, -0.2) is 79.4 Å². The number of carbonyl (C=O) groups excluding carboxylic acids is 3. The van der Waals surface area contributed by atoms with Crippen LogP contribution in [0.5, 0.6) is 11.5 Å². The zero-order chi connectivity index (χ0) is 27.8. The van der Waals surface area contributed by atoms with E-state index in [9.17, 15) is 14.4 Å². The van der Waals surface area contributed by atoms with E-state index in [1.807, 2.05) is 24.3 Å². The third-order valence-corrected chi connectivity index (χ3v) is 8.77. The van der Waals surface area contributed by atoms with Crippen LogP contribution >= 0.6 is 11.8 Å². The summed E-state index contributed by atoms with van der Waals surface area (Å²) in [5.41, 5.74) is 3.06. The molecule has 11 heteroatoms. The first-order valence-corrected chi connectivity index (χ1v) is 14.2. The molecule has 0 radical (unpaired) electrons. The fourth-order valence-electron chi connectivity index (χ4n) is 5.76. The summed E-state index contributed by atoms with van der Waals surface area (Å²) in [5, 5.41) is 6.90. The van der Waals surface area contributed by atoms with Gasteiger partial charge in [-0.05, 0) is 49.2 Å². The topological polar surface area (TPSA) is 119 Å². The van der Waals surface area contributed by atoms with Gasteiger partial charge in [-0.3, -0.25) is 24.3 Å². The van der Waals surface area contributed by atoms with Crippen molar-refractivity contribution in [1.82, 2.24) is 15.2 Å². The first kappa shape index (κ1) is 26.4. The fraction of sp³-hybridized carbons (Fsp3) is 0.379. The van der Waals surface area contributed by atoms with E-state index in [-0.39, 0.29) is 29.7 Å². The number of methoxy groups -OCH3 is 2. The maximum atomic E-state index is 13.1. The van der Waals surface area contributed by atoms with E-state index in [1.54, 1.807) is 25.4 Å². The van der Waals surface area contributed by atoms with E-state index in [0.29, 0.717) is 43.1 Å². The number of pyridine rings is 1. The summed E-state index contributed by atoms with van der Waals surface area (Å²) in [4.78, 5) is 45.2. The van der Waals surface area contributed by atoms with E-state index in [1.165, 1.54) is 18.9 Å². The number of anilines is 1. The number of ether oxygens (including phenoxy) is 3. The zero-order valence-corrected chi connectivity index (χ0v) is 23.1. The molecule has 3 aliphatic heterocycles. The van der Waals surface area contributed by atoms with E-state index in [2.05, 4.69) is 20.5 Å². The smallest absolute Gasteiger partial charge is 0.323 e. The number of thioether (sulfide) groups is 1. The van der Waals surface area contributed by atoms with Crippen LogP contribution in [0.1, 0.15) is 22.3 Å². The number of carbonyl (C=O) groups is 3. The average molecular weight is 563 g/mol. The van der Waals surface area contributed by atoms with Crippen molar-refractivity contribution in [2.24, 2.45) is 5.92 Å². The number of benzene rings is 2. The molecule has 2 aromatic carbocycles. The number of likely N-dealkylation sites (tertiary alicyclic amines) is 1. The molecule has 1 fully saturated rings. The Morgan fingerprint density at radius 3 is 2.92 bits per heavy atom. The lowest BCUT2D eigenvalue weighted by atomic mass is 9.93. The number of aromatic nitrogens is 1. The van der Waals surface area contributed by atoms with Gasteiger partial charge in [-0.15, -0.1) is 11.8 Å². The van der Waals surface area contributed by atoms with Crippen LogP contribution in [0.3, 0.4) is 0 Å². The predicted molar refractivity (Wildman–Crippen MR) is 150 cm³/mol. The van der Waals surface area contributed by atoms with E-state index < -0.39 is 6.04 Å². The van der Waals surface area contributed by atoms with Gasteiger partial charge in [0.25, 0.3) is 5.91 Å². The number of fused-ring (bicyclic) bond motifs is 4. The lowest BCUT2D eigenvalue weighted by Crippen LogP contribution is -2.42. The van der Waals surface area contributed by atoms with Gasteiger partial charge in [-0.2, -0.15) is 0 Å². The van der Waals surface area contributed by atoms with E-state index >= 15 is 0 Å². The van der Waals surface area contributed by atoms with Crippen molar-refractivity contribution in [3.63, 3.8) is 0 Å². The average Bonchev–Trinajstić information content (AvgIpc) is 3.37. The Bertz CT molecular complexity index is 1490. The molecule has 0 saturated carbocycles. The van der Waals surface area contributed by atoms with Crippen LogP contribution < -0.4 is 20.1 Å². The molecule has 2 amide bonds. The van der Waals surface area contributed by atoms with Crippen molar-refractivity contribution >= 4 is 46.1 Å². The lowest BCUT2D eigenvalue weighted by molar-refractivity contribution is -0.146. The number of nitrogens with zero attached hydrogens (tertiary/aromatic N) is 2. The van der Waals surface area contributed by atoms with Crippen molar-refractivity contribution < 1.29 is 28.6 Å². The van der Waals surface area contributed by atoms with Gasteiger partial charge in [-0.1, -0.05) is 0 Å². The Balaban J connectivity index is 1.16. The second-order valence-corrected chi connectivity index (χ2v) is 11.3. The van der Waals surface area contributed by atoms with Gasteiger partial charge in [0.05, 0.1) is 44.0 Å². The minimum absolute atomic E-state index is 0.0832. The number of esters is 1. The van der Waals surface area contributed by atoms with Crippen molar-refractivity contribution in [3.05, 3.63) is 53.7 Å². The highest BCUT2D eigenvalue weighted by molar-refractivity contribution is 8.00. The van der Waals surface area contributed by atoms with Gasteiger partial charge in [0, 0.05) is 46.5 Å². The van der Waals surface area contributed by atoms with Crippen molar-refractivity contribution in [2.75, 3.05) is 45.0 Å². The Hall–Kier alpha value is -3.83. The van der Waals surface area contributed by atoms with Crippen LogP contribution in [-0.2, 0) is 20.7 Å². The zero-order valence-electron chi connectivity index (χ0n) is 22.3. The maximum absolute atomic E-state index is 13.1. The molecule has 2 N–H and O–H groups in total. The largest absolute Gasteiger partial charge is 0.497 e. The van der Waals surface area contributed by atoms with Gasteiger partial charge in [0.15, 0.2) is 0 Å². The summed E-state index contributed by atoms with van der Waals surface area (Å²) in [6.07, 6.45) is 2.98. The number of amides is 2. The number of rotatable bonds is 6. The summed E-state index contributed by atoms with van der Waals surface area (Å²) in [6.45, 7) is 1.63. The molecule has 4 heterocycles. The molecular weight excluding hydrogens is 532 g/mol. The summed E-state index contributed by atoms with van der Waals surface area (Å²) in [6, 6.07) is 10.4. The maximum Gasteiger partial charge on any atom is 0.323 e. The minimum Gasteiger partial charge on any atom is -0.497 e. The van der Waals surface area contributed by atoms with Crippen LogP contribution in [0, 0.1) is 5.92 Å². The molecule has 0 spiro atoms. The summed E-state index contributed by atoms with van der Waals surface area (Å²) in [7, 11) is 3.03. The lowest BCUT2D eigenvalue weighted by Gasteiger charge is -2.31. The van der Waals surface area contributed by atoms with Crippen LogP contribution in [0.15, 0.2) is 47.5 Å². The molecule has 0 aliphatic carbocycles. The Morgan fingerprint density at radius 2 is 2.10 bits per heavy atom. The monoisotopic (exact) mass is 562 g/mol. The highest BCUT2D eigenvalue weighted by Gasteiger charge is 2.40. The van der Waals surface area contributed by atoms with Crippen molar-refractivity contribution in [3.8, 4) is 11.5 Å². The van der Waals surface area contributed by atoms with E-state index in [4.69, 9.17) is 14.2 Å². The van der Waals surface area contributed by atoms with Gasteiger partial charge in [0.1, 0.15) is 17.5 Å². The number of nitrogens with one attached hydrogen (secondary N) is 2. The molecule has 3 aliphatic rings. The summed E-state index contributed by atoms with van der Waals surface area (Å²) in [5.74, 6) is 1.38. The molecule has 40 heavy (non-hydrogen) atoms. The van der Waals surface area contributed by atoms with Gasteiger partial charge < -0.3 is 24.8 Å². The third-order valence-electron chi connectivity index (χ3n) is 7.69. The van der Waals surface area contributed by atoms with Crippen LogP contribution in [0.4, 0.5) is 5.69 Å². The second kappa shape index (κ2) is 11.0.